The lowest BCUT2D eigenvalue weighted by Gasteiger charge is -2.14. The summed E-state index contributed by atoms with van der Waals surface area (Å²) in [6.45, 7) is 6.27. The van der Waals surface area contributed by atoms with Gasteiger partial charge in [0.15, 0.2) is 5.69 Å². The zero-order chi connectivity index (χ0) is 15.4. The number of amides is 1. The lowest BCUT2D eigenvalue weighted by Crippen LogP contribution is -2.33. The maximum absolute atomic E-state index is 12.1. The van der Waals surface area contributed by atoms with Crippen molar-refractivity contribution in [2.45, 2.75) is 33.2 Å². The highest BCUT2D eigenvalue weighted by atomic mass is 16.2. The fourth-order valence-corrected chi connectivity index (χ4v) is 2.34. The second-order valence-corrected chi connectivity index (χ2v) is 5.71. The average molecular weight is 286 g/mol. The van der Waals surface area contributed by atoms with Crippen molar-refractivity contribution >= 4 is 11.6 Å². The van der Waals surface area contributed by atoms with Crippen LogP contribution in [0.4, 0.5) is 5.69 Å². The van der Waals surface area contributed by atoms with Crippen molar-refractivity contribution in [1.82, 2.24) is 15.1 Å². The number of rotatable bonds is 5. The van der Waals surface area contributed by atoms with Crippen LogP contribution in [-0.4, -0.2) is 21.7 Å². The minimum Gasteiger partial charge on any atom is -0.397 e. The first-order chi connectivity index (χ1) is 9.97. The van der Waals surface area contributed by atoms with E-state index in [1.807, 2.05) is 31.2 Å². The fraction of sp³-hybridized carbons (Fsp3) is 0.375. The predicted molar refractivity (Wildman–Crippen MR) is 84.4 cm³/mol. The molecule has 0 radical (unpaired) electrons. The molecule has 112 valence electrons. The van der Waals surface area contributed by atoms with Crippen LogP contribution in [0.25, 0.3) is 5.69 Å². The van der Waals surface area contributed by atoms with E-state index in [1.54, 1.807) is 16.9 Å². The van der Waals surface area contributed by atoms with Crippen LogP contribution in [0, 0.1) is 5.92 Å². The molecule has 3 N–H and O–H groups in total. The van der Waals surface area contributed by atoms with E-state index < -0.39 is 0 Å². The Morgan fingerprint density at radius 2 is 2.00 bits per heavy atom. The summed E-state index contributed by atoms with van der Waals surface area (Å²) in [4.78, 5) is 12.1. The number of nitrogens with one attached hydrogen (secondary N) is 1. The third kappa shape index (κ3) is 3.84. The Hall–Kier alpha value is -2.30. The largest absolute Gasteiger partial charge is 0.397 e. The minimum atomic E-state index is -0.156. The third-order valence-corrected chi connectivity index (χ3v) is 3.21. The summed E-state index contributed by atoms with van der Waals surface area (Å²) in [5.41, 5.74) is 7.71. The van der Waals surface area contributed by atoms with Crippen molar-refractivity contribution in [3.63, 3.8) is 0 Å². The van der Waals surface area contributed by atoms with Gasteiger partial charge in [0.05, 0.1) is 11.4 Å². The standard InChI is InChI=1S/C16H22N4O/c1-11(2)10-12(3)18-16(21)14-8-9-20(19-14)15-7-5-4-6-13(15)17/h4-9,11-12H,10,17H2,1-3H3,(H,18,21). The van der Waals surface area contributed by atoms with Crippen LogP contribution < -0.4 is 11.1 Å². The summed E-state index contributed by atoms with van der Waals surface area (Å²) < 4.78 is 1.62. The summed E-state index contributed by atoms with van der Waals surface area (Å²) >= 11 is 0. The van der Waals surface area contributed by atoms with Gasteiger partial charge in [-0.05, 0) is 37.5 Å². The van der Waals surface area contributed by atoms with Crippen LogP contribution >= 0.6 is 0 Å². The highest BCUT2D eigenvalue weighted by molar-refractivity contribution is 5.92. The second-order valence-electron chi connectivity index (χ2n) is 5.71. The number of nitrogens with zero attached hydrogens (tertiary/aromatic N) is 2. The zero-order valence-corrected chi connectivity index (χ0v) is 12.7. The number of aromatic nitrogens is 2. The lowest BCUT2D eigenvalue weighted by atomic mass is 10.1. The summed E-state index contributed by atoms with van der Waals surface area (Å²) in [6, 6.07) is 9.25. The molecule has 5 heteroatoms. The Balaban J connectivity index is 2.10. The molecular formula is C16H22N4O. The van der Waals surface area contributed by atoms with Crippen LogP contribution in [0.15, 0.2) is 36.5 Å². The average Bonchev–Trinajstić information content (AvgIpc) is 2.87. The lowest BCUT2D eigenvalue weighted by molar-refractivity contribution is 0.0930. The van der Waals surface area contributed by atoms with Gasteiger partial charge in [-0.15, -0.1) is 0 Å². The Kier molecular flexibility index (Phi) is 4.62. The van der Waals surface area contributed by atoms with Gasteiger partial charge in [-0.2, -0.15) is 5.10 Å². The number of carbonyl (C=O) groups excluding carboxylic acids is 1. The van der Waals surface area contributed by atoms with Gasteiger partial charge in [0.2, 0.25) is 0 Å². The number of para-hydroxylation sites is 2. The SMILES string of the molecule is CC(C)CC(C)NC(=O)c1ccn(-c2ccccc2N)n1. The molecule has 1 amide bonds. The van der Waals surface area contributed by atoms with Crippen LogP contribution in [0.1, 0.15) is 37.7 Å². The van der Waals surface area contributed by atoms with Gasteiger partial charge in [0.25, 0.3) is 5.91 Å². The van der Waals surface area contributed by atoms with Crippen molar-refractivity contribution in [2.24, 2.45) is 5.92 Å². The van der Waals surface area contributed by atoms with E-state index in [1.165, 1.54) is 0 Å². The zero-order valence-electron chi connectivity index (χ0n) is 12.7. The second kappa shape index (κ2) is 6.43. The predicted octanol–water partition coefficient (Wildman–Crippen LogP) is 2.62. The van der Waals surface area contributed by atoms with Crippen LogP contribution in [0.2, 0.25) is 0 Å². The molecule has 0 aliphatic heterocycles. The highest BCUT2D eigenvalue weighted by Crippen LogP contribution is 2.15. The quantitative estimate of drug-likeness (QED) is 0.830. The molecule has 1 unspecified atom stereocenters. The first-order valence-corrected chi connectivity index (χ1v) is 7.18. The molecule has 0 bridgehead atoms. The van der Waals surface area contributed by atoms with Crippen molar-refractivity contribution in [3.8, 4) is 5.69 Å². The normalized spacial score (nSPS) is 12.4. The van der Waals surface area contributed by atoms with Gasteiger partial charge in [0, 0.05) is 12.2 Å². The number of carbonyl (C=O) groups is 1. The Morgan fingerprint density at radius 1 is 1.29 bits per heavy atom. The van der Waals surface area contributed by atoms with Crippen LogP contribution in [-0.2, 0) is 0 Å². The fourth-order valence-electron chi connectivity index (χ4n) is 2.34. The van der Waals surface area contributed by atoms with Crippen molar-refractivity contribution in [1.29, 1.82) is 0 Å². The molecule has 0 aliphatic rings. The van der Waals surface area contributed by atoms with Crippen molar-refractivity contribution in [2.75, 3.05) is 5.73 Å². The number of hydrogen-bond donors (Lipinski definition) is 2. The van der Waals surface area contributed by atoms with E-state index in [0.717, 1.165) is 12.1 Å². The van der Waals surface area contributed by atoms with Gasteiger partial charge >= 0.3 is 0 Å². The van der Waals surface area contributed by atoms with E-state index in [4.69, 9.17) is 5.73 Å². The van der Waals surface area contributed by atoms with Gasteiger partial charge in [-0.1, -0.05) is 26.0 Å². The Morgan fingerprint density at radius 3 is 2.67 bits per heavy atom. The van der Waals surface area contributed by atoms with Gasteiger partial charge in [0.1, 0.15) is 0 Å². The molecule has 1 heterocycles. The molecule has 1 aromatic heterocycles. The molecule has 0 saturated carbocycles. The van der Waals surface area contributed by atoms with E-state index in [9.17, 15) is 4.79 Å². The summed E-state index contributed by atoms with van der Waals surface area (Å²) in [6.07, 6.45) is 2.69. The monoisotopic (exact) mass is 286 g/mol. The molecule has 1 atom stereocenters. The molecule has 0 fully saturated rings. The van der Waals surface area contributed by atoms with Gasteiger partial charge in [-0.3, -0.25) is 4.79 Å². The molecule has 2 aromatic rings. The van der Waals surface area contributed by atoms with Crippen molar-refractivity contribution in [3.05, 3.63) is 42.2 Å². The Bertz CT molecular complexity index is 618. The first-order valence-electron chi connectivity index (χ1n) is 7.18. The molecule has 0 spiro atoms. The first kappa shape index (κ1) is 15.1. The highest BCUT2D eigenvalue weighted by Gasteiger charge is 2.14. The molecule has 21 heavy (non-hydrogen) atoms. The minimum absolute atomic E-state index is 0.129. The van der Waals surface area contributed by atoms with Crippen LogP contribution in [0.5, 0.6) is 0 Å². The smallest absolute Gasteiger partial charge is 0.271 e. The number of anilines is 1. The molecule has 0 saturated heterocycles. The summed E-state index contributed by atoms with van der Waals surface area (Å²) in [5, 5.41) is 7.26. The van der Waals surface area contributed by atoms with Gasteiger partial charge in [-0.25, -0.2) is 4.68 Å². The van der Waals surface area contributed by atoms with Crippen LogP contribution in [0.3, 0.4) is 0 Å². The maximum Gasteiger partial charge on any atom is 0.271 e. The van der Waals surface area contributed by atoms with E-state index in [2.05, 4.69) is 24.3 Å². The Labute approximate surface area is 125 Å². The van der Waals surface area contributed by atoms with E-state index in [-0.39, 0.29) is 11.9 Å². The van der Waals surface area contributed by atoms with E-state index >= 15 is 0 Å². The molecular weight excluding hydrogens is 264 g/mol. The van der Waals surface area contributed by atoms with Crippen molar-refractivity contribution < 1.29 is 4.79 Å². The number of nitrogens with two attached hydrogens (primary N) is 1. The summed E-state index contributed by atoms with van der Waals surface area (Å²) in [7, 11) is 0. The molecule has 5 nitrogen and oxygen atoms in total. The maximum atomic E-state index is 12.1. The number of hydrogen-bond acceptors (Lipinski definition) is 3. The topological polar surface area (TPSA) is 72.9 Å². The van der Waals surface area contributed by atoms with Gasteiger partial charge < -0.3 is 11.1 Å². The molecule has 0 aliphatic carbocycles. The molecule has 1 aromatic carbocycles. The number of benzene rings is 1. The molecule has 2 rings (SSSR count). The van der Waals surface area contributed by atoms with E-state index in [0.29, 0.717) is 17.3 Å². The number of nitrogen functional groups attached to an aromatic ring is 1. The third-order valence-electron chi connectivity index (χ3n) is 3.21. The summed E-state index contributed by atoms with van der Waals surface area (Å²) in [5.74, 6) is 0.387.